The van der Waals surface area contributed by atoms with Gasteiger partial charge in [-0.2, -0.15) is 0 Å². The highest BCUT2D eigenvalue weighted by atomic mass is 79.9. The van der Waals surface area contributed by atoms with Crippen molar-refractivity contribution in [3.8, 4) is 11.4 Å². The quantitative estimate of drug-likeness (QED) is 0.862. The van der Waals surface area contributed by atoms with Crippen LogP contribution in [0.1, 0.15) is 0 Å². The maximum atomic E-state index is 5.24. The van der Waals surface area contributed by atoms with Crippen molar-refractivity contribution in [1.29, 1.82) is 0 Å². The lowest BCUT2D eigenvalue weighted by atomic mass is 10.3. The molecular weight excluding hydrogens is 294 g/mol. The standard InChI is InChI=1S/C13H14BrN3O/c1-3-6-15-13-16-7-8-17(13)12-9-10(18-2)4-5-11(12)14/h3-5,7-9H,1,6H2,2H3,(H,15,16). The molecule has 0 saturated carbocycles. The second-order valence-corrected chi connectivity index (χ2v) is 4.46. The van der Waals surface area contributed by atoms with Crippen LogP contribution in [0.4, 0.5) is 5.95 Å². The number of ether oxygens (including phenoxy) is 1. The first-order valence-corrected chi connectivity index (χ1v) is 6.27. The van der Waals surface area contributed by atoms with Gasteiger partial charge in [-0.25, -0.2) is 4.98 Å². The van der Waals surface area contributed by atoms with Gasteiger partial charge in [-0.15, -0.1) is 6.58 Å². The van der Waals surface area contributed by atoms with E-state index in [9.17, 15) is 0 Å². The summed E-state index contributed by atoms with van der Waals surface area (Å²) in [6.45, 7) is 4.34. The fourth-order valence-electron chi connectivity index (χ4n) is 1.60. The molecule has 0 spiro atoms. The SMILES string of the molecule is C=CCNc1nccn1-c1cc(OC)ccc1Br. The number of imidazole rings is 1. The summed E-state index contributed by atoms with van der Waals surface area (Å²) < 4.78 is 8.17. The first-order chi connectivity index (χ1) is 8.76. The highest BCUT2D eigenvalue weighted by Crippen LogP contribution is 2.27. The Labute approximate surface area is 114 Å². The molecule has 0 aliphatic carbocycles. The van der Waals surface area contributed by atoms with Gasteiger partial charge in [0.1, 0.15) is 5.75 Å². The van der Waals surface area contributed by atoms with Gasteiger partial charge in [-0.3, -0.25) is 4.57 Å². The molecule has 0 radical (unpaired) electrons. The maximum Gasteiger partial charge on any atom is 0.207 e. The van der Waals surface area contributed by atoms with Crippen LogP contribution in [0, 0.1) is 0 Å². The first kappa shape index (κ1) is 12.7. The van der Waals surface area contributed by atoms with E-state index in [0.717, 1.165) is 21.9 Å². The van der Waals surface area contributed by atoms with Crippen molar-refractivity contribution in [2.45, 2.75) is 0 Å². The molecule has 5 heteroatoms. The average Bonchev–Trinajstić information content (AvgIpc) is 2.85. The number of hydrogen-bond acceptors (Lipinski definition) is 3. The van der Waals surface area contributed by atoms with E-state index in [1.54, 1.807) is 19.4 Å². The third-order valence-corrected chi connectivity index (χ3v) is 3.13. The van der Waals surface area contributed by atoms with Crippen LogP contribution in [0.5, 0.6) is 5.75 Å². The number of nitrogens with one attached hydrogen (secondary N) is 1. The van der Waals surface area contributed by atoms with E-state index in [1.165, 1.54) is 0 Å². The molecule has 0 saturated heterocycles. The monoisotopic (exact) mass is 307 g/mol. The van der Waals surface area contributed by atoms with Gasteiger partial charge in [0.05, 0.1) is 12.8 Å². The third kappa shape index (κ3) is 2.56. The molecule has 2 rings (SSSR count). The van der Waals surface area contributed by atoms with Crippen LogP contribution in [0.25, 0.3) is 5.69 Å². The van der Waals surface area contributed by atoms with Crippen molar-refractivity contribution in [3.63, 3.8) is 0 Å². The fourth-order valence-corrected chi connectivity index (χ4v) is 2.03. The zero-order valence-electron chi connectivity index (χ0n) is 10.1. The van der Waals surface area contributed by atoms with Gasteiger partial charge in [-0.05, 0) is 28.1 Å². The summed E-state index contributed by atoms with van der Waals surface area (Å²) in [6.07, 6.45) is 5.43. The first-order valence-electron chi connectivity index (χ1n) is 5.48. The second kappa shape index (κ2) is 5.73. The highest BCUT2D eigenvalue weighted by molar-refractivity contribution is 9.10. The van der Waals surface area contributed by atoms with Gasteiger partial charge < -0.3 is 10.1 Å². The lowest BCUT2D eigenvalue weighted by molar-refractivity contribution is 0.414. The Morgan fingerprint density at radius 2 is 2.39 bits per heavy atom. The summed E-state index contributed by atoms with van der Waals surface area (Å²) in [7, 11) is 1.65. The lowest BCUT2D eigenvalue weighted by Gasteiger charge is -2.11. The minimum atomic E-state index is 0.665. The summed E-state index contributed by atoms with van der Waals surface area (Å²) in [5.74, 6) is 1.57. The van der Waals surface area contributed by atoms with E-state index in [2.05, 4.69) is 32.8 Å². The molecular formula is C13H14BrN3O. The molecule has 1 aromatic heterocycles. The Bertz CT molecular complexity index is 551. The maximum absolute atomic E-state index is 5.24. The Morgan fingerprint density at radius 1 is 1.56 bits per heavy atom. The number of anilines is 1. The molecule has 0 aliphatic heterocycles. The van der Waals surface area contributed by atoms with Crippen molar-refractivity contribution < 1.29 is 4.74 Å². The summed E-state index contributed by atoms with van der Waals surface area (Å²) in [5.41, 5.74) is 0.971. The highest BCUT2D eigenvalue weighted by Gasteiger charge is 2.08. The van der Waals surface area contributed by atoms with Crippen molar-refractivity contribution in [1.82, 2.24) is 9.55 Å². The second-order valence-electron chi connectivity index (χ2n) is 3.61. The Morgan fingerprint density at radius 3 is 3.11 bits per heavy atom. The normalized spacial score (nSPS) is 10.1. The molecule has 0 aliphatic rings. The average molecular weight is 308 g/mol. The molecule has 4 nitrogen and oxygen atoms in total. The van der Waals surface area contributed by atoms with Crippen LogP contribution >= 0.6 is 15.9 Å². The lowest BCUT2D eigenvalue weighted by Crippen LogP contribution is -2.06. The van der Waals surface area contributed by atoms with Gasteiger partial charge in [0.15, 0.2) is 0 Å². The van der Waals surface area contributed by atoms with Gasteiger partial charge in [0, 0.05) is 29.5 Å². The zero-order valence-corrected chi connectivity index (χ0v) is 11.6. The van der Waals surface area contributed by atoms with Crippen molar-refractivity contribution in [3.05, 3.63) is 47.7 Å². The Balaban J connectivity index is 2.41. The molecule has 1 heterocycles. The van der Waals surface area contributed by atoms with Gasteiger partial charge >= 0.3 is 0 Å². The molecule has 1 aromatic carbocycles. The van der Waals surface area contributed by atoms with Crippen LogP contribution in [0.2, 0.25) is 0 Å². The number of methoxy groups -OCH3 is 1. The zero-order chi connectivity index (χ0) is 13.0. The predicted molar refractivity (Wildman–Crippen MR) is 76.5 cm³/mol. The molecule has 18 heavy (non-hydrogen) atoms. The van der Waals surface area contributed by atoms with Crippen LogP contribution in [-0.4, -0.2) is 23.2 Å². The summed E-state index contributed by atoms with van der Waals surface area (Å²) >= 11 is 3.53. The molecule has 2 aromatic rings. The molecule has 0 unspecified atom stereocenters. The van der Waals surface area contributed by atoms with Crippen molar-refractivity contribution >= 4 is 21.9 Å². The number of hydrogen-bond donors (Lipinski definition) is 1. The smallest absolute Gasteiger partial charge is 0.207 e. The van der Waals surface area contributed by atoms with E-state index >= 15 is 0 Å². The summed E-state index contributed by atoms with van der Waals surface area (Å²) in [6, 6.07) is 5.80. The fraction of sp³-hybridized carbons (Fsp3) is 0.154. The van der Waals surface area contributed by atoms with E-state index in [1.807, 2.05) is 29.0 Å². The van der Waals surface area contributed by atoms with E-state index < -0.39 is 0 Å². The number of aromatic nitrogens is 2. The molecule has 0 fully saturated rings. The van der Waals surface area contributed by atoms with E-state index in [4.69, 9.17) is 4.74 Å². The van der Waals surface area contributed by atoms with Crippen LogP contribution in [0.15, 0.2) is 47.7 Å². The van der Waals surface area contributed by atoms with E-state index in [-0.39, 0.29) is 0 Å². The largest absolute Gasteiger partial charge is 0.497 e. The minimum absolute atomic E-state index is 0.665. The van der Waals surface area contributed by atoms with E-state index in [0.29, 0.717) is 6.54 Å². The molecule has 94 valence electrons. The molecule has 1 N–H and O–H groups in total. The number of benzene rings is 1. The number of nitrogens with zero attached hydrogens (tertiary/aromatic N) is 2. The van der Waals surface area contributed by atoms with Gasteiger partial charge in [0.25, 0.3) is 0 Å². The van der Waals surface area contributed by atoms with Crippen LogP contribution in [-0.2, 0) is 0 Å². The van der Waals surface area contributed by atoms with Gasteiger partial charge in [-0.1, -0.05) is 6.08 Å². The predicted octanol–water partition coefficient (Wildman–Crippen LogP) is 3.24. The Kier molecular flexibility index (Phi) is 4.04. The minimum Gasteiger partial charge on any atom is -0.497 e. The van der Waals surface area contributed by atoms with Gasteiger partial charge in [0.2, 0.25) is 5.95 Å². The summed E-state index contributed by atoms with van der Waals surface area (Å²) in [4.78, 5) is 4.27. The van der Waals surface area contributed by atoms with Crippen molar-refractivity contribution in [2.24, 2.45) is 0 Å². The summed E-state index contributed by atoms with van der Waals surface area (Å²) in [5, 5.41) is 3.18. The number of rotatable bonds is 5. The molecule has 0 amide bonds. The van der Waals surface area contributed by atoms with Crippen LogP contribution in [0.3, 0.4) is 0 Å². The topological polar surface area (TPSA) is 39.1 Å². The number of halogens is 1. The Hall–Kier alpha value is -1.75. The third-order valence-electron chi connectivity index (χ3n) is 2.46. The molecule has 0 bridgehead atoms. The van der Waals surface area contributed by atoms with Crippen LogP contribution < -0.4 is 10.1 Å². The van der Waals surface area contributed by atoms with Crippen molar-refractivity contribution in [2.75, 3.05) is 19.0 Å². The molecule has 0 atom stereocenters.